The first-order chi connectivity index (χ1) is 12.6. The van der Waals surface area contributed by atoms with E-state index in [0.717, 1.165) is 22.4 Å². The van der Waals surface area contributed by atoms with Gasteiger partial charge >= 0.3 is 6.01 Å². The number of hydrogen-bond acceptors (Lipinski definition) is 6. The van der Waals surface area contributed by atoms with Gasteiger partial charge in [-0.3, -0.25) is 4.57 Å². The van der Waals surface area contributed by atoms with Crippen LogP contribution >= 0.6 is 0 Å². The second kappa shape index (κ2) is 6.36. The van der Waals surface area contributed by atoms with Crippen molar-refractivity contribution in [3.63, 3.8) is 0 Å². The van der Waals surface area contributed by atoms with Crippen molar-refractivity contribution in [3.8, 4) is 11.8 Å². The fourth-order valence-corrected chi connectivity index (χ4v) is 2.61. The number of rotatable bonds is 4. The molecule has 0 atom stereocenters. The quantitative estimate of drug-likeness (QED) is 0.584. The van der Waals surface area contributed by atoms with Crippen molar-refractivity contribution in [2.75, 3.05) is 11.1 Å². The predicted octanol–water partition coefficient (Wildman–Crippen LogP) is 3.79. The third kappa shape index (κ3) is 2.90. The first kappa shape index (κ1) is 15.9. The van der Waals surface area contributed by atoms with Crippen LogP contribution in [0, 0.1) is 6.92 Å². The standard InChI is InChI=1S/C19H18N6O/c1-12-9-11-21-17(16(12)20)23-13-5-7-14(8-6-13)26-19-24-15-4-3-10-22-18(15)25(19)2/h3-11H,20H2,1-2H3,(H,21,23). The first-order valence-electron chi connectivity index (χ1n) is 8.15. The van der Waals surface area contributed by atoms with Gasteiger partial charge in [0.2, 0.25) is 0 Å². The number of imidazole rings is 1. The molecular formula is C19H18N6O. The molecule has 4 rings (SSSR count). The molecule has 7 heteroatoms. The molecule has 0 radical (unpaired) electrons. The van der Waals surface area contributed by atoms with E-state index in [0.29, 0.717) is 23.3 Å². The Labute approximate surface area is 150 Å². The Morgan fingerprint density at radius 2 is 1.85 bits per heavy atom. The zero-order valence-corrected chi connectivity index (χ0v) is 14.5. The monoisotopic (exact) mass is 346 g/mol. The lowest BCUT2D eigenvalue weighted by Crippen LogP contribution is -2.00. The summed E-state index contributed by atoms with van der Waals surface area (Å²) >= 11 is 0. The smallest absolute Gasteiger partial charge is 0.303 e. The molecule has 0 saturated heterocycles. The molecule has 0 aliphatic rings. The van der Waals surface area contributed by atoms with Crippen LogP contribution in [-0.4, -0.2) is 19.5 Å². The molecule has 26 heavy (non-hydrogen) atoms. The number of fused-ring (bicyclic) bond motifs is 1. The number of nitrogens with one attached hydrogen (secondary N) is 1. The minimum atomic E-state index is 0.490. The van der Waals surface area contributed by atoms with E-state index in [1.54, 1.807) is 12.4 Å². The summed E-state index contributed by atoms with van der Waals surface area (Å²) in [6, 6.07) is 13.7. The van der Waals surface area contributed by atoms with Crippen LogP contribution < -0.4 is 15.8 Å². The van der Waals surface area contributed by atoms with Gasteiger partial charge in [-0.25, -0.2) is 9.97 Å². The summed E-state index contributed by atoms with van der Waals surface area (Å²) in [5, 5.41) is 3.21. The molecule has 3 N–H and O–H groups in total. The normalized spacial score (nSPS) is 10.8. The zero-order valence-electron chi connectivity index (χ0n) is 14.5. The fourth-order valence-electron chi connectivity index (χ4n) is 2.61. The molecule has 3 heterocycles. The molecule has 7 nitrogen and oxygen atoms in total. The predicted molar refractivity (Wildman–Crippen MR) is 102 cm³/mol. The molecular weight excluding hydrogens is 328 g/mol. The SMILES string of the molecule is Cc1ccnc(Nc2ccc(Oc3nc4cccnc4n3C)cc2)c1N. The van der Waals surface area contributed by atoms with E-state index in [2.05, 4.69) is 20.3 Å². The minimum Gasteiger partial charge on any atom is -0.425 e. The Bertz CT molecular complexity index is 1070. The highest BCUT2D eigenvalue weighted by Crippen LogP contribution is 2.27. The molecule has 0 amide bonds. The molecule has 0 fully saturated rings. The van der Waals surface area contributed by atoms with E-state index in [9.17, 15) is 0 Å². The molecule has 0 aliphatic heterocycles. The van der Waals surface area contributed by atoms with Crippen LogP contribution in [0.15, 0.2) is 54.9 Å². The van der Waals surface area contributed by atoms with Gasteiger partial charge in [0.25, 0.3) is 0 Å². The van der Waals surface area contributed by atoms with Gasteiger partial charge < -0.3 is 15.8 Å². The highest BCUT2D eigenvalue weighted by molar-refractivity contribution is 5.72. The summed E-state index contributed by atoms with van der Waals surface area (Å²) in [5.74, 6) is 1.32. The number of aryl methyl sites for hydroxylation is 2. The third-order valence-electron chi connectivity index (χ3n) is 4.12. The van der Waals surface area contributed by atoms with E-state index >= 15 is 0 Å². The van der Waals surface area contributed by atoms with Gasteiger partial charge in [-0.2, -0.15) is 4.98 Å². The Hall–Kier alpha value is -3.61. The number of hydrogen-bond donors (Lipinski definition) is 2. The Kier molecular flexibility index (Phi) is 3.89. The van der Waals surface area contributed by atoms with Crippen molar-refractivity contribution >= 4 is 28.4 Å². The molecule has 0 saturated carbocycles. The highest BCUT2D eigenvalue weighted by Gasteiger charge is 2.10. The van der Waals surface area contributed by atoms with Gasteiger partial charge in [0.1, 0.15) is 11.3 Å². The average molecular weight is 346 g/mol. The van der Waals surface area contributed by atoms with Gasteiger partial charge in [0.05, 0.1) is 5.69 Å². The summed E-state index contributed by atoms with van der Waals surface area (Å²) in [6.45, 7) is 1.95. The first-order valence-corrected chi connectivity index (χ1v) is 8.15. The summed E-state index contributed by atoms with van der Waals surface area (Å²) in [5.41, 5.74) is 10.1. The molecule has 3 aromatic heterocycles. The number of benzene rings is 1. The summed E-state index contributed by atoms with van der Waals surface area (Å²) in [4.78, 5) is 13.0. The van der Waals surface area contributed by atoms with Crippen LogP contribution in [-0.2, 0) is 7.05 Å². The van der Waals surface area contributed by atoms with Gasteiger partial charge in [-0.1, -0.05) is 0 Å². The van der Waals surface area contributed by atoms with E-state index in [-0.39, 0.29) is 0 Å². The molecule has 130 valence electrons. The van der Waals surface area contributed by atoms with Crippen LogP contribution in [0.1, 0.15) is 5.56 Å². The lowest BCUT2D eigenvalue weighted by atomic mass is 10.2. The van der Waals surface area contributed by atoms with Gasteiger partial charge in [0.15, 0.2) is 11.5 Å². The third-order valence-corrected chi connectivity index (χ3v) is 4.12. The van der Waals surface area contributed by atoms with Gasteiger partial charge in [-0.15, -0.1) is 0 Å². The van der Waals surface area contributed by atoms with Crippen LogP contribution in [0.4, 0.5) is 17.2 Å². The second-order valence-electron chi connectivity index (χ2n) is 5.94. The molecule has 4 aromatic rings. The van der Waals surface area contributed by atoms with E-state index in [1.165, 1.54) is 0 Å². The number of nitrogen functional groups attached to an aromatic ring is 1. The van der Waals surface area contributed by atoms with Crippen LogP contribution in [0.2, 0.25) is 0 Å². The number of anilines is 3. The Morgan fingerprint density at radius 1 is 1.04 bits per heavy atom. The largest absolute Gasteiger partial charge is 0.425 e. The maximum atomic E-state index is 6.05. The molecule has 0 unspecified atom stereocenters. The molecule has 0 aliphatic carbocycles. The van der Waals surface area contributed by atoms with Crippen molar-refractivity contribution < 1.29 is 4.74 Å². The number of nitrogens with two attached hydrogens (primary N) is 1. The van der Waals surface area contributed by atoms with E-state index in [1.807, 2.05) is 61.0 Å². The number of nitrogens with zero attached hydrogens (tertiary/aromatic N) is 4. The number of aromatic nitrogens is 4. The van der Waals surface area contributed by atoms with Crippen molar-refractivity contribution in [1.82, 2.24) is 19.5 Å². The fraction of sp³-hybridized carbons (Fsp3) is 0.105. The maximum absolute atomic E-state index is 6.05. The lowest BCUT2D eigenvalue weighted by molar-refractivity contribution is 0.427. The van der Waals surface area contributed by atoms with Crippen molar-refractivity contribution in [2.24, 2.45) is 7.05 Å². The number of pyridine rings is 2. The molecule has 1 aromatic carbocycles. The minimum absolute atomic E-state index is 0.490. The van der Waals surface area contributed by atoms with Crippen molar-refractivity contribution in [3.05, 3.63) is 60.4 Å². The summed E-state index contributed by atoms with van der Waals surface area (Å²) < 4.78 is 7.70. The second-order valence-corrected chi connectivity index (χ2v) is 5.94. The lowest BCUT2D eigenvalue weighted by Gasteiger charge is -2.10. The van der Waals surface area contributed by atoms with E-state index < -0.39 is 0 Å². The Balaban J connectivity index is 1.54. The molecule has 0 spiro atoms. The van der Waals surface area contributed by atoms with Crippen LogP contribution in [0.25, 0.3) is 11.2 Å². The average Bonchev–Trinajstić information content (AvgIpc) is 2.97. The van der Waals surface area contributed by atoms with Crippen LogP contribution in [0.3, 0.4) is 0 Å². The van der Waals surface area contributed by atoms with E-state index in [4.69, 9.17) is 10.5 Å². The Morgan fingerprint density at radius 3 is 2.62 bits per heavy atom. The zero-order chi connectivity index (χ0) is 18.1. The van der Waals surface area contributed by atoms with Crippen molar-refractivity contribution in [2.45, 2.75) is 6.92 Å². The van der Waals surface area contributed by atoms with Crippen LogP contribution in [0.5, 0.6) is 11.8 Å². The van der Waals surface area contributed by atoms with Crippen molar-refractivity contribution in [1.29, 1.82) is 0 Å². The van der Waals surface area contributed by atoms with Gasteiger partial charge in [-0.05, 0) is 55.0 Å². The summed E-state index contributed by atoms with van der Waals surface area (Å²) in [6.07, 6.45) is 3.46. The maximum Gasteiger partial charge on any atom is 0.303 e. The van der Waals surface area contributed by atoms with Gasteiger partial charge in [0, 0.05) is 25.1 Å². The summed E-state index contributed by atoms with van der Waals surface area (Å²) in [7, 11) is 1.87. The number of ether oxygens (including phenoxy) is 1. The molecule has 0 bridgehead atoms. The topological polar surface area (TPSA) is 90.9 Å². The highest BCUT2D eigenvalue weighted by atomic mass is 16.5.